The van der Waals surface area contributed by atoms with Crippen LogP contribution < -0.4 is 9.64 Å². The molecule has 8 heteroatoms. The topological polar surface area (TPSA) is 79.8 Å². The highest BCUT2D eigenvalue weighted by molar-refractivity contribution is 7.90. The van der Waals surface area contributed by atoms with Gasteiger partial charge in [0.2, 0.25) is 0 Å². The summed E-state index contributed by atoms with van der Waals surface area (Å²) in [6.45, 7) is 5.01. The van der Waals surface area contributed by atoms with Crippen LogP contribution in [0.3, 0.4) is 0 Å². The molecule has 2 aromatic rings. The molecule has 0 radical (unpaired) electrons. The Hall–Kier alpha value is -2.61. The summed E-state index contributed by atoms with van der Waals surface area (Å²) in [5.74, 6) is 0.812. The Balaban J connectivity index is 1.50. The van der Waals surface area contributed by atoms with Crippen LogP contribution in [0.15, 0.2) is 41.4 Å². The van der Waals surface area contributed by atoms with Crippen molar-refractivity contribution in [3.8, 4) is 5.75 Å². The molecule has 1 saturated heterocycles. The van der Waals surface area contributed by atoms with E-state index in [2.05, 4.69) is 9.88 Å². The lowest BCUT2D eigenvalue weighted by Gasteiger charge is -2.36. The van der Waals surface area contributed by atoms with Crippen molar-refractivity contribution in [1.29, 1.82) is 0 Å². The lowest BCUT2D eigenvalue weighted by atomic mass is 10.1. The predicted octanol–water partition coefficient (Wildman–Crippen LogP) is 2.54. The first-order valence-electron chi connectivity index (χ1n) is 10.2. The number of anilines is 1. The van der Waals surface area contributed by atoms with Crippen molar-refractivity contribution >= 4 is 21.4 Å². The lowest BCUT2D eigenvalue weighted by molar-refractivity contribution is 0.0741. The fourth-order valence-corrected chi connectivity index (χ4v) is 4.16. The van der Waals surface area contributed by atoms with Crippen LogP contribution in [0.5, 0.6) is 5.75 Å². The summed E-state index contributed by atoms with van der Waals surface area (Å²) in [6.07, 6.45) is 5.28. The van der Waals surface area contributed by atoms with Gasteiger partial charge in [-0.3, -0.25) is 9.78 Å². The van der Waals surface area contributed by atoms with Gasteiger partial charge in [-0.25, -0.2) is 8.42 Å². The fourth-order valence-electron chi connectivity index (χ4n) is 3.51. The Labute approximate surface area is 177 Å². The molecule has 30 heavy (non-hydrogen) atoms. The van der Waals surface area contributed by atoms with Crippen molar-refractivity contribution in [3.63, 3.8) is 0 Å². The minimum Gasteiger partial charge on any atom is -0.492 e. The first-order valence-corrected chi connectivity index (χ1v) is 12.1. The second-order valence-corrected chi connectivity index (χ2v) is 10.1. The number of nitrogens with zero attached hydrogens (tertiary/aromatic N) is 3. The van der Waals surface area contributed by atoms with Crippen LogP contribution in [-0.4, -0.2) is 63.3 Å². The van der Waals surface area contributed by atoms with Crippen molar-refractivity contribution in [2.24, 2.45) is 5.92 Å². The summed E-state index contributed by atoms with van der Waals surface area (Å²) in [6, 6.07) is 8.60. The molecule has 1 aliphatic carbocycles. The number of piperazine rings is 1. The van der Waals surface area contributed by atoms with Gasteiger partial charge < -0.3 is 14.5 Å². The maximum absolute atomic E-state index is 13.3. The summed E-state index contributed by atoms with van der Waals surface area (Å²) < 4.78 is 29.9. The number of benzene rings is 1. The molecule has 4 rings (SSSR count). The first-order chi connectivity index (χ1) is 14.3. The van der Waals surface area contributed by atoms with E-state index in [4.69, 9.17) is 4.74 Å². The van der Waals surface area contributed by atoms with E-state index < -0.39 is 9.84 Å². The van der Waals surface area contributed by atoms with Crippen LogP contribution in [0.2, 0.25) is 0 Å². The van der Waals surface area contributed by atoms with Gasteiger partial charge in [-0.15, -0.1) is 0 Å². The zero-order valence-electron chi connectivity index (χ0n) is 17.4. The van der Waals surface area contributed by atoms with E-state index in [9.17, 15) is 13.2 Å². The van der Waals surface area contributed by atoms with Gasteiger partial charge in [0.05, 0.1) is 29.0 Å². The largest absolute Gasteiger partial charge is 0.492 e. The maximum atomic E-state index is 13.3. The second-order valence-electron chi connectivity index (χ2n) is 8.12. The number of rotatable bonds is 6. The summed E-state index contributed by atoms with van der Waals surface area (Å²) in [5, 5.41) is 0. The van der Waals surface area contributed by atoms with E-state index in [1.165, 1.54) is 12.1 Å². The highest BCUT2D eigenvalue weighted by Gasteiger charge is 2.27. The van der Waals surface area contributed by atoms with Gasteiger partial charge in [0.15, 0.2) is 9.84 Å². The number of pyridine rings is 1. The molecule has 2 aliphatic rings. The minimum atomic E-state index is -3.42. The average molecular weight is 430 g/mol. The van der Waals surface area contributed by atoms with Crippen molar-refractivity contribution in [3.05, 3.63) is 47.8 Å². The van der Waals surface area contributed by atoms with Crippen molar-refractivity contribution in [2.75, 3.05) is 43.9 Å². The number of hydrogen-bond donors (Lipinski definition) is 0. The number of amides is 1. The summed E-state index contributed by atoms with van der Waals surface area (Å²) in [5.41, 5.74) is 2.33. The van der Waals surface area contributed by atoms with E-state index in [1.54, 1.807) is 11.0 Å². The number of aromatic nitrogens is 1. The fraction of sp³-hybridized carbons (Fsp3) is 0.455. The normalized spacial score (nSPS) is 17.1. The van der Waals surface area contributed by atoms with Crippen LogP contribution in [0.1, 0.15) is 28.9 Å². The Kier molecular flexibility index (Phi) is 5.69. The average Bonchev–Trinajstić information content (AvgIpc) is 3.56. The number of hydrogen-bond acceptors (Lipinski definition) is 6. The maximum Gasteiger partial charge on any atom is 0.257 e. The van der Waals surface area contributed by atoms with Gasteiger partial charge in [-0.05, 0) is 56.0 Å². The Bertz CT molecular complexity index is 1020. The monoisotopic (exact) mass is 429 g/mol. The zero-order chi connectivity index (χ0) is 21.3. The highest BCUT2D eigenvalue weighted by atomic mass is 32.2. The number of ether oxygens (including phenoxy) is 1. The van der Waals surface area contributed by atoms with Gasteiger partial charge in [0.25, 0.3) is 5.91 Å². The van der Waals surface area contributed by atoms with Gasteiger partial charge in [-0.2, -0.15) is 0 Å². The van der Waals surface area contributed by atoms with E-state index >= 15 is 0 Å². The van der Waals surface area contributed by atoms with Crippen molar-refractivity contribution in [2.45, 2.75) is 24.7 Å². The van der Waals surface area contributed by atoms with Gasteiger partial charge in [0.1, 0.15) is 5.75 Å². The molecule has 1 aliphatic heterocycles. The molecular formula is C22H27N3O4S. The van der Waals surface area contributed by atoms with Crippen LogP contribution in [0.4, 0.5) is 5.69 Å². The predicted molar refractivity (Wildman–Crippen MR) is 115 cm³/mol. The molecule has 2 fully saturated rings. The number of aryl methyl sites for hydroxylation is 1. The SMILES string of the molecule is Cc1ccc(N2CCN(C(=O)c3cc(S(C)(=O)=O)ccc3OCC3CC3)CC2)cn1. The number of carbonyl (C=O) groups excluding carboxylic acids is 1. The molecule has 2 heterocycles. The van der Waals surface area contributed by atoms with Gasteiger partial charge in [-0.1, -0.05) is 0 Å². The van der Waals surface area contributed by atoms with E-state index in [0.717, 1.165) is 30.5 Å². The molecule has 1 amide bonds. The Morgan fingerprint density at radius 1 is 1.13 bits per heavy atom. The van der Waals surface area contributed by atoms with Crippen molar-refractivity contribution < 1.29 is 17.9 Å². The lowest BCUT2D eigenvalue weighted by Crippen LogP contribution is -2.49. The summed E-state index contributed by atoms with van der Waals surface area (Å²) in [4.78, 5) is 21.7. The van der Waals surface area contributed by atoms with Crippen LogP contribution in [0, 0.1) is 12.8 Å². The summed E-state index contributed by atoms with van der Waals surface area (Å²) >= 11 is 0. The van der Waals surface area contributed by atoms with E-state index in [-0.39, 0.29) is 10.8 Å². The standard InChI is InChI=1S/C22H27N3O4S/c1-16-3-6-18(14-23-16)24-9-11-25(12-10-24)22(26)20-13-19(30(2,27)28)7-8-21(20)29-15-17-4-5-17/h3,6-8,13-14,17H,4-5,9-12,15H2,1-2H3. The van der Waals surface area contributed by atoms with Gasteiger partial charge in [0, 0.05) is 38.1 Å². The molecule has 0 spiro atoms. The molecular weight excluding hydrogens is 402 g/mol. The van der Waals surface area contributed by atoms with Crippen LogP contribution >= 0.6 is 0 Å². The molecule has 1 saturated carbocycles. The number of sulfone groups is 1. The van der Waals surface area contributed by atoms with E-state index in [0.29, 0.717) is 50.0 Å². The first kappa shape index (κ1) is 20.7. The smallest absolute Gasteiger partial charge is 0.257 e. The molecule has 0 bridgehead atoms. The van der Waals surface area contributed by atoms with Crippen LogP contribution in [-0.2, 0) is 9.84 Å². The molecule has 0 unspecified atom stereocenters. The molecule has 1 aromatic carbocycles. The number of carbonyl (C=O) groups is 1. The summed E-state index contributed by atoms with van der Waals surface area (Å²) in [7, 11) is -3.42. The van der Waals surface area contributed by atoms with Gasteiger partial charge >= 0.3 is 0 Å². The minimum absolute atomic E-state index is 0.133. The third-order valence-corrected chi connectivity index (χ3v) is 6.72. The molecule has 0 N–H and O–H groups in total. The highest BCUT2D eigenvalue weighted by Crippen LogP contribution is 2.31. The molecule has 7 nitrogen and oxygen atoms in total. The third-order valence-electron chi connectivity index (χ3n) is 5.61. The second kappa shape index (κ2) is 8.26. The van der Waals surface area contributed by atoms with Crippen molar-refractivity contribution in [1.82, 2.24) is 9.88 Å². The van der Waals surface area contributed by atoms with E-state index in [1.807, 2.05) is 25.3 Å². The van der Waals surface area contributed by atoms with Crippen LogP contribution in [0.25, 0.3) is 0 Å². The molecule has 160 valence electrons. The quantitative estimate of drug-likeness (QED) is 0.702. The molecule has 0 atom stereocenters. The molecule has 1 aromatic heterocycles. The Morgan fingerprint density at radius 3 is 2.47 bits per heavy atom. The third kappa shape index (κ3) is 4.75. The zero-order valence-corrected chi connectivity index (χ0v) is 18.2. The Morgan fingerprint density at radius 2 is 1.87 bits per heavy atom.